The van der Waals surface area contributed by atoms with Crippen LogP contribution in [0.2, 0.25) is 5.02 Å². The molecule has 1 N–H and O–H groups in total. The molecule has 0 saturated carbocycles. The number of hydrogen-bond donors (Lipinski definition) is 1. The summed E-state index contributed by atoms with van der Waals surface area (Å²) in [6, 6.07) is 17.7. The number of carbonyl (C=O) groups excluding carboxylic acids is 2. The van der Waals surface area contributed by atoms with E-state index < -0.39 is 0 Å². The van der Waals surface area contributed by atoms with E-state index in [9.17, 15) is 9.59 Å². The normalized spacial score (nSPS) is 19.6. The summed E-state index contributed by atoms with van der Waals surface area (Å²) < 4.78 is 0. The van der Waals surface area contributed by atoms with Crippen LogP contribution >= 0.6 is 11.6 Å². The Morgan fingerprint density at radius 1 is 1.00 bits per heavy atom. The van der Waals surface area contributed by atoms with Crippen molar-refractivity contribution in [2.75, 3.05) is 55.6 Å². The molecule has 1 unspecified atom stereocenters. The third-order valence-corrected chi connectivity index (χ3v) is 6.29. The molecule has 31 heavy (non-hydrogen) atoms. The average Bonchev–Trinajstić information content (AvgIpc) is 3.19. The predicted octanol–water partition coefficient (Wildman–Crippen LogP) is 3.02. The Hall–Kier alpha value is -2.57. The van der Waals surface area contributed by atoms with E-state index in [1.54, 1.807) is 17.0 Å². The maximum atomic E-state index is 12.5. The number of rotatable bonds is 7. The lowest BCUT2D eigenvalue weighted by atomic mass is 10.1. The number of carbonyl (C=O) groups is 2. The SMILES string of the molecule is O=C(NCCCN1CCN(c2ccccc2)CC1)C1CC(=O)N(c2cccc(Cl)c2)C1. The van der Waals surface area contributed by atoms with Crippen molar-refractivity contribution in [1.29, 1.82) is 0 Å². The minimum Gasteiger partial charge on any atom is -0.369 e. The lowest BCUT2D eigenvalue weighted by molar-refractivity contribution is -0.126. The van der Waals surface area contributed by atoms with Gasteiger partial charge >= 0.3 is 0 Å². The number of para-hydroxylation sites is 1. The molecule has 7 heteroatoms. The summed E-state index contributed by atoms with van der Waals surface area (Å²) in [7, 11) is 0. The molecule has 2 saturated heterocycles. The molecule has 1 atom stereocenters. The van der Waals surface area contributed by atoms with Crippen LogP contribution in [0.15, 0.2) is 54.6 Å². The van der Waals surface area contributed by atoms with E-state index in [0.717, 1.165) is 44.8 Å². The highest BCUT2D eigenvalue weighted by Crippen LogP contribution is 2.27. The first kappa shape index (κ1) is 21.7. The van der Waals surface area contributed by atoms with Gasteiger partial charge in [-0.2, -0.15) is 0 Å². The predicted molar refractivity (Wildman–Crippen MR) is 125 cm³/mol. The Morgan fingerprint density at radius 3 is 2.48 bits per heavy atom. The van der Waals surface area contributed by atoms with Crippen molar-refractivity contribution in [3.8, 4) is 0 Å². The minimum absolute atomic E-state index is 0.0290. The fourth-order valence-corrected chi connectivity index (χ4v) is 4.49. The van der Waals surface area contributed by atoms with Gasteiger partial charge in [0, 0.05) is 62.1 Å². The second-order valence-electron chi connectivity index (χ2n) is 8.19. The summed E-state index contributed by atoms with van der Waals surface area (Å²) in [6.45, 7) is 6.15. The summed E-state index contributed by atoms with van der Waals surface area (Å²) in [5.41, 5.74) is 2.04. The average molecular weight is 441 g/mol. The number of amides is 2. The van der Waals surface area contributed by atoms with Gasteiger partial charge in [0.1, 0.15) is 0 Å². The van der Waals surface area contributed by atoms with Gasteiger partial charge in [-0.15, -0.1) is 0 Å². The molecule has 0 radical (unpaired) electrons. The first-order chi connectivity index (χ1) is 15.1. The molecule has 6 nitrogen and oxygen atoms in total. The summed E-state index contributed by atoms with van der Waals surface area (Å²) in [6.07, 6.45) is 1.16. The van der Waals surface area contributed by atoms with Gasteiger partial charge in [0.25, 0.3) is 0 Å². The quantitative estimate of drug-likeness (QED) is 0.672. The van der Waals surface area contributed by atoms with Gasteiger partial charge in [-0.25, -0.2) is 0 Å². The molecule has 2 amide bonds. The Morgan fingerprint density at radius 2 is 1.74 bits per heavy atom. The van der Waals surface area contributed by atoms with E-state index in [1.807, 2.05) is 18.2 Å². The van der Waals surface area contributed by atoms with Gasteiger partial charge in [0.05, 0.1) is 5.92 Å². The monoisotopic (exact) mass is 440 g/mol. The zero-order valence-electron chi connectivity index (χ0n) is 17.7. The summed E-state index contributed by atoms with van der Waals surface area (Å²) in [5.74, 6) is -0.369. The van der Waals surface area contributed by atoms with E-state index in [0.29, 0.717) is 18.1 Å². The molecular weight excluding hydrogens is 412 g/mol. The van der Waals surface area contributed by atoms with Crippen LogP contribution in [0.5, 0.6) is 0 Å². The molecule has 0 aromatic heterocycles. The van der Waals surface area contributed by atoms with Gasteiger partial charge in [-0.3, -0.25) is 14.5 Å². The largest absolute Gasteiger partial charge is 0.369 e. The molecule has 2 aromatic carbocycles. The first-order valence-corrected chi connectivity index (χ1v) is 11.3. The standard InChI is InChI=1S/C24H29ClN4O2/c25-20-6-4-9-22(17-20)29-18-19(16-23(29)30)24(31)26-10-5-11-27-12-14-28(15-13-27)21-7-2-1-3-8-21/h1-4,6-9,17,19H,5,10-16,18H2,(H,26,31). The number of nitrogens with one attached hydrogen (secondary N) is 1. The Labute approximate surface area is 188 Å². The summed E-state index contributed by atoms with van der Waals surface area (Å²) >= 11 is 6.03. The second kappa shape index (κ2) is 10.2. The van der Waals surface area contributed by atoms with Gasteiger partial charge in [-0.1, -0.05) is 35.9 Å². The van der Waals surface area contributed by atoms with Crippen molar-refractivity contribution < 1.29 is 9.59 Å². The molecule has 2 heterocycles. The summed E-state index contributed by atoms with van der Waals surface area (Å²) in [5, 5.41) is 3.61. The van der Waals surface area contributed by atoms with Crippen LogP contribution in [0.1, 0.15) is 12.8 Å². The molecule has 0 spiro atoms. The highest BCUT2D eigenvalue weighted by molar-refractivity contribution is 6.31. The number of halogens is 1. The molecule has 2 aliphatic rings. The zero-order valence-corrected chi connectivity index (χ0v) is 18.4. The number of hydrogen-bond acceptors (Lipinski definition) is 4. The van der Waals surface area contributed by atoms with Crippen molar-refractivity contribution in [1.82, 2.24) is 10.2 Å². The second-order valence-corrected chi connectivity index (χ2v) is 8.63. The highest BCUT2D eigenvalue weighted by atomic mass is 35.5. The van der Waals surface area contributed by atoms with Crippen LogP contribution in [0, 0.1) is 5.92 Å². The van der Waals surface area contributed by atoms with Crippen LogP contribution in [0.25, 0.3) is 0 Å². The maximum absolute atomic E-state index is 12.5. The van der Waals surface area contributed by atoms with Crippen LogP contribution < -0.4 is 15.1 Å². The van der Waals surface area contributed by atoms with E-state index in [-0.39, 0.29) is 24.2 Å². The minimum atomic E-state index is -0.305. The van der Waals surface area contributed by atoms with Crippen molar-refractivity contribution in [2.24, 2.45) is 5.92 Å². The molecule has 2 fully saturated rings. The lowest BCUT2D eigenvalue weighted by Gasteiger charge is -2.36. The van der Waals surface area contributed by atoms with E-state index >= 15 is 0 Å². The third kappa shape index (κ3) is 5.57. The molecule has 4 rings (SSSR count). The van der Waals surface area contributed by atoms with Gasteiger partial charge in [0.2, 0.25) is 11.8 Å². The number of piperazine rings is 1. The molecule has 2 aliphatic heterocycles. The van der Waals surface area contributed by atoms with Gasteiger partial charge in [-0.05, 0) is 43.3 Å². The lowest BCUT2D eigenvalue weighted by Crippen LogP contribution is -2.47. The summed E-state index contributed by atoms with van der Waals surface area (Å²) in [4.78, 5) is 31.4. The van der Waals surface area contributed by atoms with Crippen molar-refractivity contribution in [3.63, 3.8) is 0 Å². The maximum Gasteiger partial charge on any atom is 0.227 e. The van der Waals surface area contributed by atoms with Crippen LogP contribution in [0.4, 0.5) is 11.4 Å². The molecular formula is C24H29ClN4O2. The molecule has 0 bridgehead atoms. The van der Waals surface area contributed by atoms with E-state index in [4.69, 9.17) is 11.6 Å². The smallest absolute Gasteiger partial charge is 0.227 e. The number of anilines is 2. The van der Waals surface area contributed by atoms with E-state index in [1.165, 1.54) is 5.69 Å². The Kier molecular flexibility index (Phi) is 7.10. The number of nitrogens with zero attached hydrogens (tertiary/aromatic N) is 3. The third-order valence-electron chi connectivity index (χ3n) is 6.06. The Balaban J connectivity index is 1.15. The first-order valence-electron chi connectivity index (χ1n) is 11.0. The van der Waals surface area contributed by atoms with Gasteiger partial charge < -0.3 is 15.1 Å². The highest BCUT2D eigenvalue weighted by Gasteiger charge is 2.35. The van der Waals surface area contributed by atoms with Crippen molar-refractivity contribution in [2.45, 2.75) is 12.8 Å². The number of benzene rings is 2. The Bertz CT molecular complexity index is 899. The van der Waals surface area contributed by atoms with E-state index in [2.05, 4.69) is 39.4 Å². The zero-order chi connectivity index (χ0) is 21.6. The van der Waals surface area contributed by atoms with Crippen molar-refractivity contribution in [3.05, 3.63) is 59.6 Å². The van der Waals surface area contributed by atoms with Crippen LogP contribution in [-0.2, 0) is 9.59 Å². The van der Waals surface area contributed by atoms with Crippen LogP contribution in [0.3, 0.4) is 0 Å². The van der Waals surface area contributed by atoms with Gasteiger partial charge in [0.15, 0.2) is 0 Å². The molecule has 164 valence electrons. The molecule has 2 aromatic rings. The fraction of sp³-hybridized carbons (Fsp3) is 0.417. The molecule has 0 aliphatic carbocycles. The van der Waals surface area contributed by atoms with Crippen LogP contribution in [-0.4, -0.2) is 62.5 Å². The topological polar surface area (TPSA) is 55.9 Å². The van der Waals surface area contributed by atoms with Crippen molar-refractivity contribution >= 4 is 34.8 Å². The fourth-order valence-electron chi connectivity index (χ4n) is 4.30.